The van der Waals surface area contributed by atoms with Gasteiger partial charge >= 0.3 is 0 Å². The SMILES string of the molecule is CCOc1ccc(/C=C(\NC(=O)c2ccccc2)C(=O)Nc2ccc(SCC(=O)Nc3cc(C)c(Cl)cc3OC)cc2)cc1. The molecule has 4 aromatic rings. The Morgan fingerprint density at radius 2 is 1.61 bits per heavy atom. The number of thioether (sulfide) groups is 1. The number of aryl methyl sites for hydroxylation is 1. The number of benzene rings is 4. The van der Waals surface area contributed by atoms with Crippen molar-refractivity contribution in [1.29, 1.82) is 0 Å². The molecule has 226 valence electrons. The van der Waals surface area contributed by atoms with E-state index in [2.05, 4.69) is 16.0 Å². The van der Waals surface area contributed by atoms with E-state index >= 15 is 0 Å². The highest BCUT2D eigenvalue weighted by atomic mass is 35.5. The lowest BCUT2D eigenvalue weighted by Crippen LogP contribution is -2.30. The number of hydrogen-bond acceptors (Lipinski definition) is 6. The van der Waals surface area contributed by atoms with Crippen LogP contribution in [0.25, 0.3) is 6.08 Å². The van der Waals surface area contributed by atoms with Crippen LogP contribution in [0.1, 0.15) is 28.4 Å². The zero-order valence-electron chi connectivity index (χ0n) is 24.5. The molecule has 0 heterocycles. The molecule has 0 fully saturated rings. The molecule has 0 atom stereocenters. The van der Waals surface area contributed by atoms with Crippen LogP contribution >= 0.6 is 23.4 Å². The first kappa shape index (κ1) is 32.2. The highest BCUT2D eigenvalue weighted by Crippen LogP contribution is 2.31. The summed E-state index contributed by atoms with van der Waals surface area (Å²) in [4.78, 5) is 39.7. The number of methoxy groups -OCH3 is 1. The van der Waals surface area contributed by atoms with Crippen molar-refractivity contribution in [2.45, 2.75) is 18.7 Å². The summed E-state index contributed by atoms with van der Waals surface area (Å²) in [6.07, 6.45) is 1.60. The molecule has 0 spiro atoms. The standard InChI is InChI=1S/C34H32ClN3O5S/c1-4-43-26-14-10-23(11-15-26)19-30(38-33(40)24-8-6-5-7-9-24)34(41)36-25-12-16-27(17-13-25)44-21-32(39)37-29-18-22(2)28(35)20-31(29)42-3/h5-20H,4,21H2,1-3H3,(H,36,41)(H,37,39)(H,38,40)/b30-19-. The number of ether oxygens (including phenoxy) is 2. The molecule has 0 saturated heterocycles. The van der Waals surface area contributed by atoms with Gasteiger partial charge in [0, 0.05) is 27.2 Å². The molecule has 0 radical (unpaired) electrons. The molecular formula is C34H32ClN3O5S. The first-order valence-corrected chi connectivity index (χ1v) is 15.1. The Kier molecular flexibility index (Phi) is 11.5. The van der Waals surface area contributed by atoms with Crippen molar-refractivity contribution in [2.24, 2.45) is 0 Å². The molecule has 0 aromatic heterocycles. The summed E-state index contributed by atoms with van der Waals surface area (Å²) in [5.74, 6) is 0.251. The number of carbonyl (C=O) groups is 3. The molecule has 0 bridgehead atoms. The van der Waals surface area contributed by atoms with Gasteiger partial charge in [-0.25, -0.2) is 0 Å². The first-order chi connectivity index (χ1) is 21.2. The van der Waals surface area contributed by atoms with E-state index in [0.717, 1.165) is 10.5 Å². The van der Waals surface area contributed by atoms with Gasteiger partial charge in [-0.3, -0.25) is 14.4 Å². The van der Waals surface area contributed by atoms with Gasteiger partial charge in [0.15, 0.2) is 0 Å². The van der Waals surface area contributed by atoms with Crippen molar-refractivity contribution in [3.05, 3.63) is 118 Å². The highest BCUT2D eigenvalue weighted by Gasteiger charge is 2.16. The molecule has 4 rings (SSSR count). The number of carbonyl (C=O) groups excluding carboxylic acids is 3. The van der Waals surface area contributed by atoms with Gasteiger partial charge in [0.25, 0.3) is 11.8 Å². The van der Waals surface area contributed by atoms with Gasteiger partial charge < -0.3 is 25.4 Å². The molecule has 10 heteroatoms. The minimum absolute atomic E-state index is 0.0750. The fourth-order valence-electron chi connectivity index (χ4n) is 4.03. The van der Waals surface area contributed by atoms with Crippen molar-refractivity contribution in [1.82, 2.24) is 5.32 Å². The fraction of sp³-hybridized carbons (Fsp3) is 0.147. The van der Waals surface area contributed by atoms with Gasteiger partial charge in [0.05, 0.1) is 25.2 Å². The van der Waals surface area contributed by atoms with Gasteiger partial charge in [0.2, 0.25) is 5.91 Å². The molecule has 0 aliphatic carbocycles. The van der Waals surface area contributed by atoms with Crippen LogP contribution in [0.5, 0.6) is 11.5 Å². The highest BCUT2D eigenvalue weighted by molar-refractivity contribution is 8.00. The third-order valence-electron chi connectivity index (χ3n) is 6.27. The number of hydrogen-bond donors (Lipinski definition) is 3. The van der Waals surface area contributed by atoms with E-state index in [9.17, 15) is 14.4 Å². The van der Waals surface area contributed by atoms with E-state index in [-0.39, 0.29) is 17.4 Å². The Bertz CT molecular complexity index is 1640. The lowest BCUT2D eigenvalue weighted by atomic mass is 10.1. The van der Waals surface area contributed by atoms with E-state index in [0.29, 0.717) is 45.6 Å². The predicted molar refractivity (Wildman–Crippen MR) is 177 cm³/mol. The molecule has 3 N–H and O–H groups in total. The summed E-state index contributed by atoms with van der Waals surface area (Å²) in [6, 6.07) is 26.4. The van der Waals surface area contributed by atoms with Gasteiger partial charge in [-0.05, 0) is 85.6 Å². The Morgan fingerprint density at radius 1 is 0.909 bits per heavy atom. The number of amides is 3. The van der Waals surface area contributed by atoms with Gasteiger partial charge in [-0.1, -0.05) is 41.9 Å². The summed E-state index contributed by atoms with van der Waals surface area (Å²) >= 11 is 7.50. The second kappa shape index (κ2) is 15.7. The molecule has 0 unspecified atom stereocenters. The van der Waals surface area contributed by atoms with E-state index in [1.54, 1.807) is 91.0 Å². The largest absolute Gasteiger partial charge is 0.495 e. The van der Waals surface area contributed by atoms with Crippen LogP contribution in [-0.2, 0) is 9.59 Å². The van der Waals surface area contributed by atoms with Crippen molar-refractivity contribution in [3.63, 3.8) is 0 Å². The molecule has 0 aliphatic rings. The van der Waals surface area contributed by atoms with Crippen LogP contribution in [-0.4, -0.2) is 37.2 Å². The van der Waals surface area contributed by atoms with Crippen molar-refractivity contribution >= 4 is 58.5 Å². The molecule has 8 nitrogen and oxygen atoms in total. The first-order valence-electron chi connectivity index (χ1n) is 13.7. The lowest BCUT2D eigenvalue weighted by molar-refractivity contribution is -0.114. The Hall–Kier alpha value is -4.73. The number of rotatable bonds is 12. The topological polar surface area (TPSA) is 106 Å². The quantitative estimate of drug-likeness (QED) is 0.113. The van der Waals surface area contributed by atoms with E-state index in [4.69, 9.17) is 21.1 Å². The van der Waals surface area contributed by atoms with Crippen molar-refractivity contribution in [3.8, 4) is 11.5 Å². The van der Waals surface area contributed by atoms with E-state index in [1.165, 1.54) is 18.9 Å². The maximum Gasteiger partial charge on any atom is 0.272 e. The van der Waals surface area contributed by atoms with Crippen LogP contribution in [0.15, 0.2) is 102 Å². The Balaban J connectivity index is 1.41. The maximum atomic E-state index is 13.3. The van der Waals surface area contributed by atoms with Gasteiger partial charge in [-0.15, -0.1) is 11.8 Å². The molecule has 0 saturated carbocycles. The summed E-state index contributed by atoms with van der Waals surface area (Å²) in [6.45, 7) is 4.29. The Labute approximate surface area is 265 Å². The summed E-state index contributed by atoms with van der Waals surface area (Å²) in [5.41, 5.74) is 3.11. The smallest absolute Gasteiger partial charge is 0.272 e. The monoisotopic (exact) mass is 629 g/mol. The van der Waals surface area contributed by atoms with Gasteiger partial charge in [0.1, 0.15) is 17.2 Å². The van der Waals surface area contributed by atoms with Crippen LogP contribution in [0, 0.1) is 6.92 Å². The molecule has 44 heavy (non-hydrogen) atoms. The molecule has 4 aromatic carbocycles. The predicted octanol–water partition coefficient (Wildman–Crippen LogP) is 7.20. The van der Waals surface area contributed by atoms with Crippen LogP contribution < -0.4 is 25.4 Å². The minimum atomic E-state index is -0.491. The van der Waals surface area contributed by atoms with E-state index in [1.807, 2.05) is 19.9 Å². The zero-order valence-corrected chi connectivity index (χ0v) is 26.1. The second-order valence-electron chi connectivity index (χ2n) is 9.50. The summed E-state index contributed by atoms with van der Waals surface area (Å²) in [5, 5.41) is 8.99. The fourth-order valence-corrected chi connectivity index (χ4v) is 4.89. The van der Waals surface area contributed by atoms with E-state index < -0.39 is 11.8 Å². The normalized spacial score (nSPS) is 11.0. The minimum Gasteiger partial charge on any atom is -0.495 e. The zero-order chi connectivity index (χ0) is 31.5. The molecule has 0 aliphatic heterocycles. The summed E-state index contributed by atoms with van der Waals surface area (Å²) < 4.78 is 10.8. The van der Waals surface area contributed by atoms with Crippen molar-refractivity contribution in [2.75, 3.05) is 30.1 Å². The number of nitrogens with one attached hydrogen (secondary N) is 3. The van der Waals surface area contributed by atoms with Crippen molar-refractivity contribution < 1.29 is 23.9 Å². The Morgan fingerprint density at radius 3 is 2.27 bits per heavy atom. The lowest BCUT2D eigenvalue weighted by Gasteiger charge is -2.13. The van der Waals surface area contributed by atoms with Crippen LogP contribution in [0.4, 0.5) is 11.4 Å². The number of anilines is 2. The van der Waals surface area contributed by atoms with Crippen LogP contribution in [0.2, 0.25) is 5.02 Å². The second-order valence-corrected chi connectivity index (χ2v) is 11.0. The summed E-state index contributed by atoms with van der Waals surface area (Å²) in [7, 11) is 1.52. The third-order valence-corrected chi connectivity index (χ3v) is 7.69. The third kappa shape index (κ3) is 9.13. The number of halogens is 1. The average molecular weight is 630 g/mol. The molecular weight excluding hydrogens is 598 g/mol. The van der Waals surface area contributed by atoms with Gasteiger partial charge in [-0.2, -0.15) is 0 Å². The average Bonchev–Trinajstić information content (AvgIpc) is 3.03. The maximum absolute atomic E-state index is 13.3. The molecule has 3 amide bonds. The van der Waals surface area contributed by atoms with Crippen LogP contribution in [0.3, 0.4) is 0 Å².